The SMILES string of the molecule is C=C[C@H](O)C1CCCC1. The highest BCUT2D eigenvalue weighted by Gasteiger charge is 2.20. The third kappa shape index (κ3) is 1.55. The first-order valence-electron chi connectivity index (χ1n) is 3.65. The van der Waals surface area contributed by atoms with E-state index >= 15 is 0 Å². The minimum absolute atomic E-state index is 0.243. The molecule has 0 heterocycles. The summed E-state index contributed by atoms with van der Waals surface area (Å²) in [5.74, 6) is 0.516. The summed E-state index contributed by atoms with van der Waals surface area (Å²) in [7, 11) is 0. The fourth-order valence-electron chi connectivity index (χ4n) is 1.49. The predicted molar refractivity (Wildman–Crippen MR) is 38.2 cm³/mol. The Morgan fingerprint density at radius 3 is 2.44 bits per heavy atom. The third-order valence-electron chi connectivity index (χ3n) is 2.12. The van der Waals surface area contributed by atoms with E-state index in [1.54, 1.807) is 6.08 Å². The molecule has 0 aromatic carbocycles. The minimum Gasteiger partial charge on any atom is -0.389 e. The Hall–Kier alpha value is -0.300. The Morgan fingerprint density at radius 2 is 2.00 bits per heavy atom. The van der Waals surface area contributed by atoms with Crippen molar-refractivity contribution in [3.05, 3.63) is 12.7 Å². The van der Waals surface area contributed by atoms with Gasteiger partial charge in [-0.05, 0) is 18.8 Å². The van der Waals surface area contributed by atoms with E-state index in [4.69, 9.17) is 0 Å². The average Bonchev–Trinajstić information content (AvgIpc) is 2.37. The van der Waals surface area contributed by atoms with Crippen molar-refractivity contribution in [2.24, 2.45) is 5.92 Å². The Labute approximate surface area is 56.4 Å². The molecule has 0 saturated heterocycles. The highest BCUT2D eigenvalue weighted by Crippen LogP contribution is 2.27. The van der Waals surface area contributed by atoms with Gasteiger partial charge in [0.15, 0.2) is 0 Å². The van der Waals surface area contributed by atoms with Crippen LogP contribution in [0.25, 0.3) is 0 Å². The Bertz CT molecular complexity index is 92.7. The monoisotopic (exact) mass is 126 g/mol. The van der Waals surface area contributed by atoms with Crippen LogP contribution in [0.1, 0.15) is 25.7 Å². The first kappa shape index (κ1) is 6.81. The van der Waals surface area contributed by atoms with Crippen LogP contribution in [0.15, 0.2) is 12.7 Å². The minimum atomic E-state index is -0.243. The predicted octanol–water partition coefficient (Wildman–Crippen LogP) is 1.72. The van der Waals surface area contributed by atoms with Gasteiger partial charge in [0.25, 0.3) is 0 Å². The lowest BCUT2D eigenvalue weighted by molar-refractivity contribution is 0.156. The number of aliphatic hydroxyl groups is 1. The quantitative estimate of drug-likeness (QED) is 0.558. The molecule has 1 aliphatic rings. The van der Waals surface area contributed by atoms with Crippen molar-refractivity contribution in [2.45, 2.75) is 31.8 Å². The van der Waals surface area contributed by atoms with E-state index in [0.717, 1.165) is 0 Å². The maximum atomic E-state index is 9.24. The van der Waals surface area contributed by atoms with Crippen molar-refractivity contribution < 1.29 is 5.11 Å². The molecule has 0 aliphatic heterocycles. The van der Waals surface area contributed by atoms with E-state index in [9.17, 15) is 5.11 Å². The van der Waals surface area contributed by atoms with Crippen molar-refractivity contribution in [3.8, 4) is 0 Å². The highest BCUT2D eigenvalue weighted by atomic mass is 16.3. The van der Waals surface area contributed by atoms with Crippen LogP contribution < -0.4 is 0 Å². The van der Waals surface area contributed by atoms with Gasteiger partial charge < -0.3 is 5.11 Å². The van der Waals surface area contributed by atoms with E-state index < -0.39 is 0 Å². The molecular formula is C8H14O. The molecule has 1 N–H and O–H groups in total. The molecule has 1 saturated carbocycles. The fourth-order valence-corrected chi connectivity index (χ4v) is 1.49. The van der Waals surface area contributed by atoms with Gasteiger partial charge >= 0.3 is 0 Å². The maximum Gasteiger partial charge on any atom is 0.0746 e. The second kappa shape index (κ2) is 3.02. The van der Waals surface area contributed by atoms with Crippen molar-refractivity contribution >= 4 is 0 Å². The van der Waals surface area contributed by atoms with Crippen LogP contribution >= 0.6 is 0 Å². The zero-order chi connectivity index (χ0) is 6.69. The summed E-state index contributed by atoms with van der Waals surface area (Å²) in [6.45, 7) is 3.56. The lowest BCUT2D eigenvalue weighted by atomic mass is 10.0. The number of aliphatic hydroxyl groups excluding tert-OH is 1. The smallest absolute Gasteiger partial charge is 0.0746 e. The van der Waals surface area contributed by atoms with E-state index in [1.165, 1.54) is 25.7 Å². The molecule has 0 aromatic rings. The molecule has 0 radical (unpaired) electrons. The molecule has 1 aliphatic carbocycles. The van der Waals surface area contributed by atoms with Crippen LogP contribution in [0.3, 0.4) is 0 Å². The maximum absolute atomic E-state index is 9.24. The summed E-state index contributed by atoms with van der Waals surface area (Å²) in [5.41, 5.74) is 0. The van der Waals surface area contributed by atoms with Crippen LogP contribution in [0.4, 0.5) is 0 Å². The lowest BCUT2D eigenvalue weighted by Gasteiger charge is -2.11. The molecule has 1 heteroatoms. The van der Waals surface area contributed by atoms with E-state index in [2.05, 4.69) is 6.58 Å². The first-order chi connectivity index (χ1) is 4.34. The molecule has 1 fully saturated rings. The van der Waals surface area contributed by atoms with Crippen molar-refractivity contribution in [1.82, 2.24) is 0 Å². The van der Waals surface area contributed by atoms with Gasteiger partial charge in [-0.25, -0.2) is 0 Å². The van der Waals surface area contributed by atoms with Gasteiger partial charge in [0.1, 0.15) is 0 Å². The van der Waals surface area contributed by atoms with Gasteiger partial charge in [-0.3, -0.25) is 0 Å². The largest absolute Gasteiger partial charge is 0.389 e. The van der Waals surface area contributed by atoms with Crippen LogP contribution in [-0.4, -0.2) is 11.2 Å². The van der Waals surface area contributed by atoms with E-state index in [1.807, 2.05) is 0 Å². The van der Waals surface area contributed by atoms with Crippen molar-refractivity contribution in [1.29, 1.82) is 0 Å². The Balaban J connectivity index is 2.32. The van der Waals surface area contributed by atoms with Crippen LogP contribution in [0, 0.1) is 5.92 Å². The standard InChI is InChI=1S/C8H14O/c1-2-8(9)7-5-3-4-6-7/h2,7-9H,1,3-6H2/t8-/m0/s1. The van der Waals surface area contributed by atoms with E-state index in [-0.39, 0.29) is 6.10 Å². The summed E-state index contributed by atoms with van der Waals surface area (Å²) in [6.07, 6.45) is 6.36. The van der Waals surface area contributed by atoms with Crippen molar-refractivity contribution in [3.63, 3.8) is 0 Å². The number of hydrogen-bond donors (Lipinski definition) is 1. The Kier molecular flexibility index (Phi) is 2.29. The zero-order valence-electron chi connectivity index (χ0n) is 5.71. The summed E-state index contributed by atoms with van der Waals surface area (Å²) >= 11 is 0. The summed E-state index contributed by atoms with van der Waals surface area (Å²) < 4.78 is 0. The highest BCUT2D eigenvalue weighted by molar-refractivity contribution is 4.86. The molecule has 9 heavy (non-hydrogen) atoms. The van der Waals surface area contributed by atoms with Gasteiger partial charge in [-0.15, -0.1) is 6.58 Å². The second-order valence-corrected chi connectivity index (χ2v) is 2.77. The molecule has 0 amide bonds. The molecule has 1 rings (SSSR count). The molecule has 0 unspecified atom stereocenters. The molecule has 52 valence electrons. The first-order valence-corrected chi connectivity index (χ1v) is 3.65. The third-order valence-corrected chi connectivity index (χ3v) is 2.12. The number of rotatable bonds is 2. The van der Waals surface area contributed by atoms with Crippen molar-refractivity contribution in [2.75, 3.05) is 0 Å². The average molecular weight is 126 g/mol. The fraction of sp³-hybridized carbons (Fsp3) is 0.750. The van der Waals surface area contributed by atoms with Crippen LogP contribution in [0.5, 0.6) is 0 Å². The van der Waals surface area contributed by atoms with Gasteiger partial charge in [-0.2, -0.15) is 0 Å². The summed E-state index contributed by atoms with van der Waals surface area (Å²) in [6, 6.07) is 0. The molecule has 0 aromatic heterocycles. The number of hydrogen-bond acceptors (Lipinski definition) is 1. The van der Waals surface area contributed by atoms with Gasteiger partial charge in [0, 0.05) is 0 Å². The lowest BCUT2D eigenvalue weighted by Crippen LogP contribution is -2.13. The Morgan fingerprint density at radius 1 is 1.44 bits per heavy atom. The summed E-state index contributed by atoms with van der Waals surface area (Å²) in [5, 5.41) is 9.24. The van der Waals surface area contributed by atoms with Crippen LogP contribution in [0.2, 0.25) is 0 Å². The molecule has 1 atom stereocenters. The topological polar surface area (TPSA) is 20.2 Å². The molecule has 1 nitrogen and oxygen atoms in total. The molecule has 0 spiro atoms. The normalized spacial score (nSPS) is 24.1. The zero-order valence-corrected chi connectivity index (χ0v) is 5.71. The molecule has 0 bridgehead atoms. The van der Waals surface area contributed by atoms with Gasteiger partial charge in [0.2, 0.25) is 0 Å². The van der Waals surface area contributed by atoms with Crippen LogP contribution in [-0.2, 0) is 0 Å². The second-order valence-electron chi connectivity index (χ2n) is 2.77. The molecular weight excluding hydrogens is 112 g/mol. The van der Waals surface area contributed by atoms with E-state index in [0.29, 0.717) is 5.92 Å². The van der Waals surface area contributed by atoms with Gasteiger partial charge in [0.05, 0.1) is 6.10 Å². The van der Waals surface area contributed by atoms with Gasteiger partial charge in [-0.1, -0.05) is 18.9 Å². The summed E-state index contributed by atoms with van der Waals surface area (Å²) in [4.78, 5) is 0.